The Hall–Kier alpha value is -3.09. The molecule has 0 unspecified atom stereocenters. The van der Waals surface area contributed by atoms with E-state index < -0.39 is 4.92 Å². The highest BCUT2D eigenvalue weighted by molar-refractivity contribution is 6.32. The summed E-state index contributed by atoms with van der Waals surface area (Å²) in [5.74, 6) is 0. The molecule has 1 aromatic carbocycles. The van der Waals surface area contributed by atoms with Gasteiger partial charge >= 0.3 is 0 Å². The van der Waals surface area contributed by atoms with Gasteiger partial charge in [0.25, 0.3) is 5.69 Å². The van der Waals surface area contributed by atoms with Crippen LogP contribution < -0.4 is 0 Å². The standard InChI is InChI=1S/C14H7ClN4O2/c15-13-4-3-12(7-14(13)19(20)21)18-5-1-2-11(18)6-10(8-16)9-17/h1-7H. The minimum atomic E-state index is -0.569. The molecule has 1 aromatic heterocycles. The maximum absolute atomic E-state index is 10.9. The molecule has 1 heterocycles. The van der Waals surface area contributed by atoms with Crippen LogP contribution >= 0.6 is 11.6 Å². The van der Waals surface area contributed by atoms with Crippen molar-refractivity contribution in [1.29, 1.82) is 10.5 Å². The number of nitriles is 2. The Morgan fingerprint density at radius 1 is 1.33 bits per heavy atom. The lowest BCUT2D eigenvalue weighted by molar-refractivity contribution is -0.384. The molecule has 0 atom stereocenters. The van der Waals surface area contributed by atoms with Crippen molar-refractivity contribution in [3.63, 3.8) is 0 Å². The molecule has 2 rings (SSSR count). The second-order valence-corrected chi connectivity index (χ2v) is 4.38. The van der Waals surface area contributed by atoms with Crippen LogP contribution in [0.3, 0.4) is 0 Å². The molecule has 0 bridgehead atoms. The highest BCUT2D eigenvalue weighted by Gasteiger charge is 2.14. The average molecular weight is 299 g/mol. The van der Waals surface area contributed by atoms with Crippen LogP contribution in [0.15, 0.2) is 42.1 Å². The molecular formula is C14H7ClN4O2. The zero-order chi connectivity index (χ0) is 15.4. The lowest BCUT2D eigenvalue weighted by Crippen LogP contribution is -1.97. The molecule has 7 heteroatoms. The largest absolute Gasteiger partial charge is 0.317 e. The van der Waals surface area contributed by atoms with Crippen molar-refractivity contribution >= 4 is 23.4 Å². The minimum Gasteiger partial charge on any atom is -0.317 e. The third kappa shape index (κ3) is 2.92. The van der Waals surface area contributed by atoms with E-state index in [9.17, 15) is 10.1 Å². The summed E-state index contributed by atoms with van der Waals surface area (Å²) in [5.41, 5.74) is 0.805. The molecule has 0 saturated carbocycles. The molecule has 2 aromatic rings. The predicted molar refractivity (Wildman–Crippen MR) is 76.6 cm³/mol. The normalized spacial score (nSPS) is 9.48. The first kappa shape index (κ1) is 14.3. The van der Waals surface area contributed by atoms with E-state index in [1.54, 1.807) is 41.1 Å². The van der Waals surface area contributed by atoms with Crippen molar-refractivity contribution in [3.8, 4) is 17.8 Å². The second kappa shape index (κ2) is 5.91. The Balaban J connectivity index is 2.56. The number of nitrogens with zero attached hydrogens (tertiary/aromatic N) is 4. The van der Waals surface area contributed by atoms with Gasteiger partial charge in [-0.2, -0.15) is 10.5 Å². The van der Waals surface area contributed by atoms with Gasteiger partial charge in [-0.1, -0.05) is 11.6 Å². The van der Waals surface area contributed by atoms with Crippen LogP contribution in [-0.4, -0.2) is 9.49 Å². The van der Waals surface area contributed by atoms with Gasteiger partial charge in [0.15, 0.2) is 0 Å². The summed E-state index contributed by atoms with van der Waals surface area (Å²) in [5, 5.41) is 28.5. The number of allylic oxidation sites excluding steroid dienone is 1. The first-order valence-electron chi connectivity index (χ1n) is 5.70. The fourth-order valence-electron chi connectivity index (χ4n) is 1.78. The summed E-state index contributed by atoms with van der Waals surface area (Å²) < 4.78 is 1.62. The van der Waals surface area contributed by atoms with Gasteiger partial charge in [0.05, 0.1) is 10.6 Å². The maximum Gasteiger partial charge on any atom is 0.289 e. The van der Waals surface area contributed by atoms with Crippen LogP contribution in [0.4, 0.5) is 5.69 Å². The molecule has 0 spiro atoms. The van der Waals surface area contributed by atoms with Crippen molar-refractivity contribution in [2.75, 3.05) is 0 Å². The summed E-state index contributed by atoms with van der Waals surface area (Å²) >= 11 is 5.77. The molecule has 102 valence electrons. The number of hydrogen-bond donors (Lipinski definition) is 0. The quantitative estimate of drug-likeness (QED) is 0.492. The van der Waals surface area contributed by atoms with Crippen LogP contribution in [0, 0.1) is 32.8 Å². The van der Waals surface area contributed by atoms with Crippen molar-refractivity contribution in [2.24, 2.45) is 0 Å². The van der Waals surface area contributed by atoms with Gasteiger partial charge in [-0.3, -0.25) is 10.1 Å². The van der Waals surface area contributed by atoms with Crippen LogP contribution in [0.1, 0.15) is 5.69 Å². The third-order valence-corrected chi connectivity index (χ3v) is 3.04. The SMILES string of the molecule is N#CC(C#N)=Cc1cccn1-c1ccc(Cl)c([N+](=O)[O-])c1. The van der Waals surface area contributed by atoms with E-state index in [1.807, 2.05) is 0 Å². The Morgan fingerprint density at radius 3 is 2.67 bits per heavy atom. The van der Waals surface area contributed by atoms with Gasteiger partial charge < -0.3 is 4.57 Å². The number of halogens is 1. The van der Waals surface area contributed by atoms with E-state index in [1.165, 1.54) is 18.2 Å². The number of aromatic nitrogens is 1. The van der Waals surface area contributed by atoms with Crippen LogP contribution in [-0.2, 0) is 0 Å². The van der Waals surface area contributed by atoms with Gasteiger partial charge in [-0.25, -0.2) is 0 Å². The monoisotopic (exact) mass is 298 g/mol. The minimum absolute atomic E-state index is 0.0442. The van der Waals surface area contributed by atoms with Crippen molar-refractivity contribution in [1.82, 2.24) is 4.57 Å². The topological polar surface area (TPSA) is 95.7 Å². The maximum atomic E-state index is 10.9. The number of benzene rings is 1. The van der Waals surface area contributed by atoms with Gasteiger partial charge in [0.2, 0.25) is 0 Å². The summed E-state index contributed by atoms with van der Waals surface area (Å²) in [6.45, 7) is 0. The number of nitro groups is 1. The summed E-state index contributed by atoms with van der Waals surface area (Å²) in [6, 6.07) is 11.3. The highest BCUT2D eigenvalue weighted by Crippen LogP contribution is 2.27. The fourth-order valence-corrected chi connectivity index (χ4v) is 1.96. The molecule has 0 aliphatic heterocycles. The van der Waals surface area contributed by atoms with Crippen molar-refractivity contribution in [2.45, 2.75) is 0 Å². The highest BCUT2D eigenvalue weighted by atomic mass is 35.5. The van der Waals surface area contributed by atoms with Crippen LogP contribution in [0.25, 0.3) is 11.8 Å². The smallest absolute Gasteiger partial charge is 0.289 e. The van der Waals surface area contributed by atoms with Gasteiger partial charge in [-0.15, -0.1) is 0 Å². The molecule has 0 aliphatic carbocycles. The van der Waals surface area contributed by atoms with Crippen LogP contribution in [0.5, 0.6) is 0 Å². The van der Waals surface area contributed by atoms with Gasteiger partial charge in [-0.05, 0) is 30.3 Å². The van der Waals surface area contributed by atoms with E-state index >= 15 is 0 Å². The van der Waals surface area contributed by atoms with E-state index in [2.05, 4.69) is 0 Å². The second-order valence-electron chi connectivity index (χ2n) is 3.98. The van der Waals surface area contributed by atoms with Crippen LogP contribution in [0.2, 0.25) is 5.02 Å². The lowest BCUT2D eigenvalue weighted by Gasteiger charge is -2.07. The van der Waals surface area contributed by atoms with E-state index in [-0.39, 0.29) is 16.3 Å². The summed E-state index contributed by atoms with van der Waals surface area (Å²) in [6.07, 6.45) is 3.08. The lowest BCUT2D eigenvalue weighted by atomic mass is 10.2. The van der Waals surface area contributed by atoms with E-state index in [4.69, 9.17) is 22.1 Å². The van der Waals surface area contributed by atoms with Gasteiger partial charge in [0, 0.05) is 18.0 Å². The molecule has 21 heavy (non-hydrogen) atoms. The number of nitro benzene ring substituents is 1. The molecule has 0 fully saturated rings. The first-order valence-corrected chi connectivity index (χ1v) is 6.08. The average Bonchev–Trinajstić information content (AvgIpc) is 2.93. The first-order chi connectivity index (χ1) is 10.1. The molecule has 6 nitrogen and oxygen atoms in total. The Labute approximate surface area is 124 Å². The van der Waals surface area contributed by atoms with E-state index in [0.29, 0.717) is 11.4 Å². The fraction of sp³-hybridized carbons (Fsp3) is 0. The molecule has 0 radical (unpaired) electrons. The summed E-state index contributed by atoms with van der Waals surface area (Å²) in [7, 11) is 0. The molecule has 0 N–H and O–H groups in total. The van der Waals surface area contributed by atoms with Crippen molar-refractivity contribution in [3.05, 3.63) is 62.9 Å². The number of hydrogen-bond acceptors (Lipinski definition) is 4. The van der Waals surface area contributed by atoms with E-state index in [0.717, 1.165) is 0 Å². The van der Waals surface area contributed by atoms with Gasteiger partial charge in [0.1, 0.15) is 22.7 Å². The Morgan fingerprint density at radius 2 is 2.05 bits per heavy atom. The zero-order valence-electron chi connectivity index (χ0n) is 10.5. The van der Waals surface area contributed by atoms with Crippen molar-refractivity contribution < 1.29 is 4.92 Å². The third-order valence-electron chi connectivity index (χ3n) is 2.72. The predicted octanol–water partition coefficient (Wildman–Crippen LogP) is 3.47. The molecule has 0 amide bonds. The number of rotatable bonds is 3. The molecule has 0 saturated heterocycles. The molecular weight excluding hydrogens is 292 g/mol. The zero-order valence-corrected chi connectivity index (χ0v) is 11.3. The Kier molecular flexibility index (Phi) is 4.03. The molecule has 0 aliphatic rings. The summed E-state index contributed by atoms with van der Waals surface area (Å²) in [4.78, 5) is 10.3. The Bertz CT molecular complexity index is 808.